The largest absolute Gasteiger partial charge is 0.373 e. The normalized spacial score (nSPS) is 36.0. The van der Waals surface area contributed by atoms with Gasteiger partial charge in [-0.3, -0.25) is 14.5 Å². The van der Waals surface area contributed by atoms with Crippen molar-refractivity contribution in [2.75, 3.05) is 13.1 Å². The summed E-state index contributed by atoms with van der Waals surface area (Å²) >= 11 is 0. The molecular weight excluding hydrogens is 308 g/mol. The molecule has 0 spiro atoms. The minimum atomic E-state index is -3.76. The predicted molar refractivity (Wildman–Crippen MR) is 69.0 cm³/mol. The molecule has 112 valence electrons. The highest BCUT2D eigenvalue weighted by atomic mass is 35.7. The van der Waals surface area contributed by atoms with Crippen molar-refractivity contribution in [3.8, 4) is 0 Å². The van der Waals surface area contributed by atoms with E-state index in [1.54, 1.807) is 0 Å². The summed E-state index contributed by atoms with van der Waals surface area (Å²) in [5, 5.41) is 0. The van der Waals surface area contributed by atoms with Gasteiger partial charge in [-0.15, -0.1) is 0 Å². The van der Waals surface area contributed by atoms with Gasteiger partial charge in [0.2, 0.25) is 11.8 Å². The zero-order chi connectivity index (χ0) is 14.5. The Bertz CT molecular complexity index is 523. The van der Waals surface area contributed by atoms with Gasteiger partial charge >= 0.3 is 0 Å². The van der Waals surface area contributed by atoms with E-state index in [-0.39, 0.29) is 48.9 Å². The maximum Gasteiger partial charge on any atom is 0.297 e. The van der Waals surface area contributed by atoms with Crippen molar-refractivity contribution >= 4 is 31.7 Å². The third-order valence-electron chi connectivity index (χ3n) is 4.21. The van der Waals surface area contributed by atoms with Crippen molar-refractivity contribution in [3.63, 3.8) is 0 Å². The van der Waals surface area contributed by atoms with Gasteiger partial charge < -0.3 is 4.74 Å². The van der Waals surface area contributed by atoms with Crippen molar-refractivity contribution in [2.24, 2.45) is 11.8 Å². The molecule has 3 aliphatic rings. The summed E-state index contributed by atoms with van der Waals surface area (Å²) < 4.78 is 29.1. The Morgan fingerprint density at radius 3 is 2.25 bits per heavy atom. The van der Waals surface area contributed by atoms with E-state index in [2.05, 4.69) is 4.72 Å². The predicted octanol–water partition coefficient (Wildman–Crippen LogP) is -0.388. The molecule has 0 saturated carbocycles. The second kappa shape index (κ2) is 4.94. The van der Waals surface area contributed by atoms with Gasteiger partial charge in [-0.2, -0.15) is 8.42 Å². The van der Waals surface area contributed by atoms with Crippen LogP contribution < -0.4 is 4.72 Å². The minimum Gasteiger partial charge on any atom is -0.373 e. The molecule has 7 nitrogen and oxygen atoms in total. The Balaban J connectivity index is 1.59. The van der Waals surface area contributed by atoms with E-state index in [9.17, 15) is 18.0 Å². The molecule has 0 aromatic carbocycles. The summed E-state index contributed by atoms with van der Waals surface area (Å²) in [4.78, 5) is 25.7. The number of rotatable bonds is 5. The first-order valence-corrected chi connectivity index (χ1v) is 8.89. The summed E-state index contributed by atoms with van der Waals surface area (Å²) in [6, 6.07) is 0. The van der Waals surface area contributed by atoms with Crippen LogP contribution in [0.15, 0.2) is 0 Å². The summed E-state index contributed by atoms with van der Waals surface area (Å²) in [6.45, 7) is 0.311. The van der Waals surface area contributed by atoms with Gasteiger partial charge in [-0.25, -0.2) is 4.72 Å². The molecule has 0 aromatic heterocycles. The van der Waals surface area contributed by atoms with E-state index in [4.69, 9.17) is 15.4 Å². The van der Waals surface area contributed by atoms with E-state index >= 15 is 0 Å². The summed E-state index contributed by atoms with van der Waals surface area (Å²) in [7, 11) is 1.25. The molecule has 1 N–H and O–H groups in total. The van der Waals surface area contributed by atoms with Gasteiger partial charge in [0, 0.05) is 23.8 Å². The molecule has 9 heteroatoms. The Kier molecular flexibility index (Phi) is 3.52. The molecule has 3 saturated heterocycles. The Morgan fingerprint density at radius 2 is 1.75 bits per heavy atom. The lowest BCUT2D eigenvalue weighted by Gasteiger charge is -2.17. The van der Waals surface area contributed by atoms with Crippen LogP contribution in [-0.4, -0.2) is 50.4 Å². The number of imide groups is 1. The Morgan fingerprint density at radius 1 is 1.20 bits per heavy atom. The quantitative estimate of drug-likeness (QED) is 0.423. The zero-order valence-electron chi connectivity index (χ0n) is 10.6. The lowest BCUT2D eigenvalue weighted by molar-refractivity contribution is -0.142. The topological polar surface area (TPSA) is 92.8 Å². The maximum absolute atomic E-state index is 12.2. The highest BCUT2D eigenvalue weighted by Crippen LogP contribution is 2.48. The third-order valence-corrected chi connectivity index (χ3v) is 5.08. The molecule has 0 aliphatic carbocycles. The van der Waals surface area contributed by atoms with Crippen molar-refractivity contribution in [1.29, 1.82) is 0 Å². The third kappa shape index (κ3) is 2.34. The fraction of sp³-hybridized carbons (Fsp3) is 0.818. The summed E-state index contributed by atoms with van der Waals surface area (Å²) in [5.74, 6) is -1.02. The molecule has 3 heterocycles. The fourth-order valence-electron chi connectivity index (χ4n) is 3.43. The lowest BCUT2D eigenvalue weighted by atomic mass is 9.81. The molecule has 4 unspecified atom stereocenters. The van der Waals surface area contributed by atoms with Crippen molar-refractivity contribution < 1.29 is 22.7 Å². The van der Waals surface area contributed by atoms with Gasteiger partial charge in [0.05, 0.1) is 24.0 Å². The molecule has 2 amide bonds. The first-order chi connectivity index (χ1) is 9.38. The second-order valence-corrected chi connectivity index (χ2v) is 7.74. The molecule has 3 rings (SSSR count). The van der Waals surface area contributed by atoms with Crippen LogP contribution >= 0.6 is 10.7 Å². The van der Waals surface area contributed by atoms with Crippen LogP contribution in [0.2, 0.25) is 0 Å². The number of amides is 2. The monoisotopic (exact) mass is 322 g/mol. The van der Waals surface area contributed by atoms with Gasteiger partial charge in [0.1, 0.15) is 0 Å². The van der Waals surface area contributed by atoms with Crippen LogP contribution in [0.1, 0.15) is 19.3 Å². The van der Waals surface area contributed by atoms with Gasteiger partial charge in [-0.05, 0) is 19.3 Å². The first kappa shape index (κ1) is 14.2. The molecule has 0 radical (unpaired) electrons. The van der Waals surface area contributed by atoms with E-state index in [0.29, 0.717) is 6.42 Å². The van der Waals surface area contributed by atoms with Crippen molar-refractivity contribution in [1.82, 2.24) is 9.62 Å². The van der Waals surface area contributed by atoms with Crippen LogP contribution in [-0.2, 0) is 23.6 Å². The van der Waals surface area contributed by atoms with E-state index < -0.39 is 9.24 Å². The van der Waals surface area contributed by atoms with Crippen molar-refractivity contribution in [3.05, 3.63) is 0 Å². The number of nitrogens with one attached hydrogen (secondary N) is 1. The number of hydrogen-bond donors (Lipinski definition) is 1. The summed E-state index contributed by atoms with van der Waals surface area (Å²) in [6.07, 6.45) is 1.79. The standard InChI is InChI=1S/C11H15ClN2O5S/c12-20(17,18)13-4-1-5-14-10(15)8-6-2-3-7(19-6)9(8)11(14)16/h6-9,13H,1-5H2. The average Bonchev–Trinajstić information content (AvgIpc) is 3.00. The van der Waals surface area contributed by atoms with Gasteiger partial charge in [0.25, 0.3) is 9.24 Å². The highest BCUT2D eigenvalue weighted by Gasteiger charge is 2.62. The molecule has 2 bridgehead atoms. The zero-order valence-corrected chi connectivity index (χ0v) is 12.2. The Hall–Kier alpha value is -0.700. The number of fused-ring (bicyclic) bond motifs is 5. The van der Waals surface area contributed by atoms with Gasteiger partial charge in [0.15, 0.2) is 0 Å². The molecule has 3 aliphatic heterocycles. The van der Waals surface area contributed by atoms with Crippen LogP contribution in [0.4, 0.5) is 0 Å². The highest BCUT2D eigenvalue weighted by molar-refractivity contribution is 8.12. The van der Waals surface area contributed by atoms with E-state index in [1.165, 1.54) is 4.90 Å². The average molecular weight is 323 g/mol. The van der Waals surface area contributed by atoms with E-state index in [1.807, 2.05) is 0 Å². The number of likely N-dealkylation sites (tertiary alicyclic amines) is 1. The number of nitrogens with zero attached hydrogens (tertiary/aromatic N) is 1. The van der Waals surface area contributed by atoms with E-state index in [0.717, 1.165) is 12.8 Å². The number of halogens is 1. The fourth-order valence-corrected chi connectivity index (χ4v) is 4.05. The molecular formula is C11H15ClN2O5S. The summed E-state index contributed by atoms with van der Waals surface area (Å²) in [5.41, 5.74) is 0. The second-order valence-electron chi connectivity index (χ2n) is 5.36. The van der Waals surface area contributed by atoms with Crippen molar-refractivity contribution in [2.45, 2.75) is 31.5 Å². The van der Waals surface area contributed by atoms with Crippen LogP contribution in [0.25, 0.3) is 0 Å². The Labute approximate surface area is 121 Å². The van der Waals surface area contributed by atoms with Crippen LogP contribution in [0, 0.1) is 11.8 Å². The number of hydrogen-bond acceptors (Lipinski definition) is 5. The van der Waals surface area contributed by atoms with Gasteiger partial charge in [-0.1, -0.05) is 0 Å². The molecule has 0 aromatic rings. The maximum atomic E-state index is 12.2. The van der Waals surface area contributed by atoms with Crippen LogP contribution in [0.3, 0.4) is 0 Å². The molecule has 20 heavy (non-hydrogen) atoms. The number of carbonyl (C=O) groups is 2. The minimum absolute atomic E-state index is 0.0988. The number of carbonyl (C=O) groups excluding carboxylic acids is 2. The first-order valence-electron chi connectivity index (χ1n) is 6.58. The lowest BCUT2D eigenvalue weighted by Crippen LogP contribution is -2.36. The molecule has 3 fully saturated rings. The number of ether oxygens (including phenoxy) is 1. The molecule has 4 atom stereocenters. The van der Waals surface area contributed by atoms with Crippen LogP contribution in [0.5, 0.6) is 0 Å². The smallest absolute Gasteiger partial charge is 0.297 e. The SMILES string of the molecule is O=C1C2C3CCC(O3)C2C(=O)N1CCCNS(=O)(=O)Cl.